The Morgan fingerprint density at radius 3 is 2.02 bits per heavy atom. The van der Waals surface area contributed by atoms with E-state index < -0.39 is 5.97 Å². The zero-order valence-corrected chi connectivity index (χ0v) is 22.8. The number of esters is 1. The molecule has 192 valence electrons. The number of thiophene rings is 1. The maximum atomic E-state index is 13.0. The van der Waals surface area contributed by atoms with Crippen molar-refractivity contribution in [3.8, 4) is 35.4 Å². The molecular weight excluding hydrogens is 516 g/mol. The number of allylic oxidation sites excluding steroid dienone is 2. The summed E-state index contributed by atoms with van der Waals surface area (Å²) in [4.78, 5) is 13.7. The predicted molar refractivity (Wildman–Crippen MR) is 154 cm³/mol. The summed E-state index contributed by atoms with van der Waals surface area (Å²) in [6, 6.07) is 27.9. The van der Waals surface area contributed by atoms with E-state index in [1.54, 1.807) is 30.3 Å². The second kappa shape index (κ2) is 11.9. The first-order chi connectivity index (χ1) is 19.4. The minimum Gasteiger partial charge on any atom is -0.465 e. The van der Waals surface area contributed by atoms with Crippen molar-refractivity contribution in [2.45, 2.75) is 19.8 Å². The van der Waals surface area contributed by atoms with E-state index in [1.807, 2.05) is 66.1 Å². The van der Waals surface area contributed by atoms with E-state index in [9.17, 15) is 25.8 Å². The molecule has 0 radical (unpaired) electrons. The lowest BCUT2D eigenvalue weighted by Crippen LogP contribution is -2.14. The van der Waals surface area contributed by atoms with Crippen molar-refractivity contribution < 1.29 is 9.53 Å². The Labute approximate surface area is 236 Å². The monoisotopic (exact) mass is 538 g/mol. The second-order valence-electron chi connectivity index (χ2n) is 9.12. The summed E-state index contributed by atoms with van der Waals surface area (Å²) in [7, 11) is 1.33. The fourth-order valence-corrected chi connectivity index (χ4v) is 5.34. The molecule has 0 saturated carbocycles. The van der Waals surface area contributed by atoms with Crippen LogP contribution < -0.4 is 10.4 Å². The molecule has 0 saturated heterocycles. The van der Waals surface area contributed by atoms with Gasteiger partial charge in [0.15, 0.2) is 0 Å². The Morgan fingerprint density at radius 1 is 0.800 bits per heavy atom. The molecular formula is C33H22N4O2S. The van der Waals surface area contributed by atoms with Gasteiger partial charge in [0.1, 0.15) is 35.4 Å². The standard InChI is InChI=1S/C33H22N4O2S/c1-20(2)23-6-4-7-26-27(14-23)29(33(38)39-3)15-28(26)31(22-11-9-21(10-12-22)24(16-34)17-35)32(25(18-36)19-37)30-8-5-13-40-30/h4-15,20H,1-3H3. The summed E-state index contributed by atoms with van der Waals surface area (Å²) in [5, 5.41) is 41.6. The first kappa shape index (κ1) is 27.6. The van der Waals surface area contributed by atoms with Gasteiger partial charge in [-0.3, -0.25) is 0 Å². The van der Waals surface area contributed by atoms with Crippen LogP contribution in [0, 0.1) is 45.3 Å². The van der Waals surface area contributed by atoms with Gasteiger partial charge in [-0.1, -0.05) is 68.4 Å². The highest BCUT2D eigenvalue weighted by molar-refractivity contribution is 7.11. The molecule has 6 nitrogen and oxygen atoms in total. The van der Waals surface area contributed by atoms with Crippen molar-refractivity contribution in [1.82, 2.24) is 0 Å². The molecule has 4 rings (SSSR count). The van der Waals surface area contributed by atoms with E-state index in [-0.39, 0.29) is 17.1 Å². The van der Waals surface area contributed by atoms with Gasteiger partial charge in [-0.15, -0.1) is 11.3 Å². The second-order valence-corrected chi connectivity index (χ2v) is 10.1. The average Bonchev–Trinajstić information content (AvgIpc) is 3.56. The van der Waals surface area contributed by atoms with E-state index in [0.29, 0.717) is 43.2 Å². The van der Waals surface area contributed by atoms with E-state index in [4.69, 9.17) is 4.74 Å². The number of rotatable bonds is 5. The highest BCUT2D eigenvalue weighted by Crippen LogP contribution is 2.43. The van der Waals surface area contributed by atoms with Crippen molar-refractivity contribution >= 4 is 34.0 Å². The third-order valence-corrected chi connectivity index (χ3v) is 7.43. The molecule has 0 fully saturated rings. The number of carbonyl (C=O) groups excluding carboxylic acids is 1. The van der Waals surface area contributed by atoms with Crippen LogP contribution in [-0.2, 0) is 4.74 Å². The molecule has 2 aromatic rings. The molecule has 40 heavy (non-hydrogen) atoms. The van der Waals surface area contributed by atoms with Crippen LogP contribution in [0.1, 0.15) is 46.1 Å². The maximum Gasteiger partial charge on any atom is 0.338 e. The lowest BCUT2D eigenvalue weighted by Gasteiger charge is -2.13. The number of nitrogens with zero attached hydrogens (tertiary/aromatic N) is 4. The van der Waals surface area contributed by atoms with Crippen LogP contribution in [-0.4, -0.2) is 13.1 Å². The fraction of sp³-hybridized carbons (Fsp3) is 0.121. The Morgan fingerprint density at radius 2 is 1.48 bits per heavy atom. The zero-order valence-electron chi connectivity index (χ0n) is 22.0. The lowest BCUT2D eigenvalue weighted by molar-refractivity contribution is 0.0602. The molecule has 0 atom stereocenters. The summed E-state index contributed by atoms with van der Waals surface area (Å²) in [6.45, 7) is 4.14. The SMILES string of the molecule is COC(=O)c1cc(C(C(=C(C#N)C#N)c2cccs2)=c2ccc(=C(C#N)C#N)cc2)c2cccc(C(C)C)cc1-2. The van der Waals surface area contributed by atoms with E-state index >= 15 is 0 Å². The van der Waals surface area contributed by atoms with Crippen LogP contribution in [0.2, 0.25) is 0 Å². The fourth-order valence-electron chi connectivity index (χ4n) is 4.56. The third kappa shape index (κ3) is 5.11. The highest BCUT2D eigenvalue weighted by Gasteiger charge is 2.27. The number of ether oxygens (including phenoxy) is 1. The summed E-state index contributed by atoms with van der Waals surface area (Å²) in [6.07, 6.45) is 0. The first-order valence-corrected chi connectivity index (χ1v) is 13.1. The van der Waals surface area contributed by atoms with Crippen LogP contribution in [0.15, 0.2) is 77.7 Å². The predicted octanol–water partition coefficient (Wildman–Crippen LogP) is 5.66. The Hall–Kier alpha value is -5.47. The maximum absolute atomic E-state index is 13.0. The number of carbonyl (C=O) groups is 1. The van der Waals surface area contributed by atoms with Gasteiger partial charge in [-0.25, -0.2) is 4.79 Å². The zero-order chi connectivity index (χ0) is 28.8. The van der Waals surface area contributed by atoms with Gasteiger partial charge < -0.3 is 4.74 Å². The van der Waals surface area contributed by atoms with Gasteiger partial charge in [-0.05, 0) is 50.9 Å². The number of benzene rings is 1. The molecule has 0 N–H and O–H groups in total. The van der Waals surface area contributed by atoms with Gasteiger partial charge in [0.25, 0.3) is 0 Å². The largest absolute Gasteiger partial charge is 0.465 e. The van der Waals surface area contributed by atoms with Crippen LogP contribution in [0.5, 0.6) is 0 Å². The molecule has 2 aliphatic carbocycles. The van der Waals surface area contributed by atoms with Crippen LogP contribution in [0.3, 0.4) is 0 Å². The van der Waals surface area contributed by atoms with Crippen molar-refractivity contribution in [1.29, 1.82) is 21.0 Å². The average molecular weight is 539 g/mol. The molecule has 0 bridgehead atoms. The quantitative estimate of drug-likeness (QED) is 0.239. The van der Waals surface area contributed by atoms with Gasteiger partial charge in [-0.2, -0.15) is 21.0 Å². The van der Waals surface area contributed by atoms with Gasteiger partial charge >= 0.3 is 5.97 Å². The van der Waals surface area contributed by atoms with Crippen molar-refractivity contribution in [2.24, 2.45) is 0 Å². The molecule has 7 heteroatoms. The molecule has 1 heterocycles. The summed E-state index contributed by atoms with van der Waals surface area (Å²) in [5.41, 5.74) is 4.36. The molecule has 0 unspecified atom stereocenters. The molecule has 1 aromatic carbocycles. The van der Waals surface area contributed by atoms with Crippen LogP contribution >= 0.6 is 11.3 Å². The minimum absolute atomic E-state index is 0.0307. The molecule has 0 spiro atoms. The number of hydrogen-bond donors (Lipinski definition) is 0. The number of hydrogen-bond acceptors (Lipinski definition) is 7. The Balaban J connectivity index is 2.24. The van der Waals surface area contributed by atoms with Gasteiger partial charge in [0.05, 0.1) is 12.7 Å². The highest BCUT2D eigenvalue weighted by atomic mass is 32.1. The van der Waals surface area contributed by atoms with Crippen molar-refractivity contribution in [3.63, 3.8) is 0 Å². The lowest BCUT2D eigenvalue weighted by atomic mass is 9.89. The van der Waals surface area contributed by atoms with Crippen LogP contribution in [0.4, 0.5) is 0 Å². The number of nitriles is 4. The molecule has 0 aliphatic heterocycles. The number of methoxy groups -OCH3 is 1. The molecule has 2 aliphatic rings. The summed E-state index contributed by atoms with van der Waals surface area (Å²) < 4.78 is 5.14. The normalized spacial score (nSPS) is 10.1. The van der Waals surface area contributed by atoms with E-state index in [0.717, 1.165) is 11.1 Å². The van der Waals surface area contributed by atoms with Gasteiger partial charge in [0.2, 0.25) is 0 Å². The minimum atomic E-state index is -0.503. The van der Waals surface area contributed by atoms with E-state index in [1.165, 1.54) is 18.4 Å². The smallest absolute Gasteiger partial charge is 0.338 e. The van der Waals surface area contributed by atoms with Crippen molar-refractivity contribution in [2.75, 3.05) is 7.11 Å². The van der Waals surface area contributed by atoms with Gasteiger partial charge in [0, 0.05) is 21.2 Å². The van der Waals surface area contributed by atoms with Crippen LogP contribution in [0.25, 0.3) is 27.8 Å². The summed E-state index contributed by atoms with van der Waals surface area (Å²) in [5.74, 6) is -0.303. The topological polar surface area (TPSA) is 121 Å². The van der Waals surface area contributed by atoms with E-state index in [2.05, 4.69) is 13.8 Å². The molecule has 0 amide bonds. The Bertz CT molecular complexity index is 1870. The third-order valence-electron chi connectivity index (χ3n) is 6.54. The number of fused-ring (bicyclic) bond motifs is 1. The van der Waals surface area contributed by atoms with Crippen molar-refractivity contribution in [3.05, 3.63) is 110 Å². The Kier molecular flexibility index (Phi) is 8.22. The first-order valence-electron chi connectivity index (χ1n) is 12.3. The summed E-state index contributed by atoms with van der Waals surface area (Å²) >= 11 is 1.39. The molecule has 1 aromatic heterocycles.